The highest BCUT2D eigenvalue weighted by molar-refractivity contribution is 9.10. The summed E-state index contributed by atoms with van der Waals surface area (Å²) in [4.78, 5) is 15.0. The molecule has 0 amide bonds. The van der Waals surface area contributed by atoms with Crippen LogP contribution < -0.4 is 0 Å². The SMILES string of the molecule is CCOC(=O)Cc1ncc(Br)c(Cl)c1C(F)F. The average Bonchev–Trinajstić information content (AvgIpc) is 2.23. The smallest absolute Gasteiger partial charge is 0.311 e. The Morgan fingerprint density at radius 2 is 2.29 bits per heavy atom. The Balaban J connectivity index is 3.07. The fourth-order valence-corrected chi connectivity index (χ4v) is 1.78. The zero-order valence-corrected chi connectivity index (χ0v) is 11.2. The molecule has 0 aliphatic heterocycles. The fourth-order valence-electron chi connectivity index (χ4n) is 1.23. The standard InChI is InChI=1S/C10H9BrClF2NO2/c1-2-17-7(16)3-6-8(10(13)14)9(12)5(11)4-15-6/h4,10H,2-3H2,1H3. The molecule has 94 valence electrons. The van der Waals surface area contributed by atoms with Crippen molar-refractivity contribution >= 4 is 33.5 Å². The number of aromatic nitrogens is 1. The Bertz CT molecular complexity index is 429. The van der Waals surface area contributed by atoms with E-state index in [4.69, 9.17) is 11.6 Å². The van der Waals surface area contributed by atoms with Gasteiger partial charge in [0.2, 0.25) is 0 Å². The van der Waals surface area contributed by atoms with Crippen LogP contribution in [0.5, 0.6) is 0 Å². The molecule has 1 heterocycles. The lowest BCUT2D eigenvalue weighted by Crippen LogP contribution is -2.11. The van der Waals surface area contributed by atoms with Crippen LogP contribution in [0.1, 0.15) is 24.6 Å². The van der Waals surface area contributed by atoms with Crippen molar-refractivity contribution in [3.8, 4) is 0 Å². The summed E-state index contributed by atoms with van der Waals surface area (Å²) in [6, 6.07) is 0. The van der Waals surface area contributed by atoms with Crippen molar-refractivity contribution in [2.75, 3.05) is 6.61 Å². The molecule has 1 aromatic heterocycles. The Morgan fingerprint density at radius 3 is 2.82 bits per heavy atom. The van der Waals surface area contributed by atoms with Gasteiger partial charge < -0.3 is 4.74 Å². The zero-order valence-electron chi connectivity index (χ0n) is 8.84. The van der Waals surface area contributed by atoms with Crippen molar-refractivity contribution in [1.82, 2.24) is 4.98 Å². The van der Waals surface area contributed by atoms with Crippen LogP contribution in [0.15, 0.2) is 10.7 Å². The summed E-state index contributed by atoms with van der Waals surface area (Å²) in [6.07, 6.45) is -1.83. The van der Waals surface area contributed by atoms with E-state index >= 15 is 0 Å². The molecule has 0 fully saturated rings. The number of nitrogens with zero attached hydrogens (tertiary/aromatic N) is 1. The molecule has 0 atom stereocenters. The van der Waals surface area contributed by atoms with Crippen LogP contribution in [0, 0.1) is 0 Å². The largest absolute Gasteiger partial charge is 0.466 e. The molecule has 0 saturated carbocycles. The molecule has 0 bridgehead atoms. The van der Waals surface area contributed by atoms with Gasteiger partial charge in [0.25, 0.3) is 6.43 Å². The first-order chi connectivity index (χ1) is 7.97. The number of hydrogen-bond acceptors (Lipinski definition) is 3. The molecule has 7 heteroatoms. The van der Waals surface area contributed by atoms with Gasteiger partial charge in [-0.15, -0.1) is 0 Å². The Hall–Kier alpha value is -0.750. The fraction of sp³-hybridized carbons (Fsp3) is 0.400. The van der Waals surface area contributed by atoms with Crippen molar-refractivity contribution < 1.29 is 18.3 Å². The van der Waals surface area contributed by atoms with Gasteiger partial charge in [0.05, 0.1) is 33.8 Å². The van der Waals surface area contributed by atoms with Crippen molar-refractivity contribution in [2.24, 2.45) is 0 Å². The van der Waals surface area contributed by atoms with Crippen molar-refractivity contribution in [2.45, 2.75) is 19.8 Å². The van der Waals surface area contributed by atoms with E-state index in [1.165, 1.54) is 6.20 Å². The van der Waals surface area contributed by atoms with Crippen LogP contribution in [0.3, 0.4) is 0 Å². The highest BCUT2D eigenvalue weighted by atomic mass is 79.9. The van der Waals surface area contributed by atoms with Gasteiger partial charge in [-0.2, -0.15) is 0 Å². The first-order valence-corrected chi connectivity index (χ1v) is 5.91. The Morgan fingerprint density at radius 1 is 1.65 bits per heavy atom. The summed E-state index contributed by atoms with van der Waals surface area (Å²) in [6.45, 7) is 1.82. The van der Waals surface area contributed by atoms with Gasteiger partial charge in [-0.1, -0.05) is 11.6 Å². The van der Waals surface area contributed by atoms with E-state index < -0.39 is 18.0 Å². The molecule has 0 saturated heterocycles. The van der Waals surface area contributed by atoms with E-state index in [2.05, 4.69) is 25.7 Å². The molecule has 0 radical (unpaired) electrons. The zero-order chi connectivity index (χ0) is 13.0. The van der Waals surface area contributed by atoms with Gasteiger partial charge in [-0.3, -0.25) is 9.78 Å². The normalized spacial score (nSPS) is 10.7. The molecular weight excluding hydrogens is 319 g/mol. The van der Waals surface area contributed by atoms with E-state index in [1.807, 2.05) is 0 Å². The lowest BCUT2D eigenvalue weighted by molar-refractivity contribution is -0.142. The first-order valence-electron chi connectivity index (χ1n) is 4.73. The topological polar surface area (TPSA) is 39.2 Å². The monoisotopic (exact) mass is 327 g/mol. The Kier molecular flexibility index (Phi) is 5.27. The minimum Gasteiger partial charge on any atom is -0.466 e. The molecular formula is C10H9BrClF2NO2. The van der Waals surface area contributed by atoms with Crippen molar-refractivity contribution in [1.29, 1.82) is 0 Å². The van der Waals surface area contributed by atoms with E-state index in [9.17, 15) is 13.6 Å². The summed E-state index contributed by atoms with van der Waals surface area (Å²) in [5.74, 6) is -0.611. The van der Waals surface area contributed by atoms with Crippen LogP contribution in [0.2, 0.25) is 5.02 Å². The van der Waals surface area contributed by atoms with Gasteiger partial charge in [-0.25, -0.2) is 8.78 Å². The predicted octanol–water partition coefficient (Wildman–Crippen LogP) is 3.54. The number of rotatable bonds is 4. The van der Waals surface area contributed by atoms with Gasteiger partial charge >= 0.3 is 5.97 Å². The van der Waals surface area contributed by atoms with Gasteiger partial charge in [-0.05, 0) is 22.9 Å². The second-order valence-corrected chi connectivity index (χ2v) is 4.30. The summed E-state index contributed by atoms with van der Waals surface area (Å²) < 4.78 is 30.6. The molecule has 0 aromatic carbocycles. The summed E-state index contributed by atoms with van der Waals surface area (Å²) in [5.41, 5.74) is -0.499. The molecule has 17 heavy (non-hydrogen) atoms. The molecule has 1 aromatic rings. The summed E-state index contributed by atoms with van der Waals surface area (Å²) in [7, 11) is 0. The molecule has 1 rings (SSSR count). The lowest BCUT2D eigenvalue weighted by atomic mass is 10.1. The quantitative estimate of drug-likeness (QED) is 0.794. The summed E-state index contributed by atoms with van der Waals surface area (Å²) in [5, 5.41) is -0.130. The second-order valence-electron chi connectivity index (χ2n) is 3.06. The van der Waals surface area contributed by atoms with E-state index in [-0.39, 0.29) is 28.2 Å². The summed E-state index contributed by atoms with van der Waals surface area (Å²) >= 11 is 8.74. The molecule has 0 unspecified atom stereocenters. The number of alkyl halides is 2. The van der Waals surface area contributed by atoms with Crippen LogP contribution in [-0.2, 0) is 16.0 Å². The average molecular weight is 329 g/mol. The molecule has 0 N–H and O–H groups in total. The highest BCUT2D eigenvalue weighted by Crippen LogP contribution is 2.34. The van der Waals surface area contributed by atoms with E-state index in [0.29, 0.717) is 0 Å². The van der Waals surface area contributed by atoms with Gasteiger partial charge in [0, 0.05) is 6.20 Å². The van der Waals surface area contributed by atoms with Gasteiger partial charge in [0.1, 0.15) is 0 Å². The van der Waals surface area contributed by atoms with Crippen molar-refractivity contribution in [3.05, 3.63) is 26.9 Å². The van der Waals surface area contributed by atoms with Crippen LogP contribution in [0.4, 0.5) is 8.78 Å². The number of halogens is 4. The number of hydrogen-bond donors (Lipinski definition) is 0. The maximum absolute atomic E-state index is 12.8. The van der Waals surface area contributed by atoms with Crippen LogP contribution >= 0.6 is 27.5 Å². The number of ether oxygens (including phenoxy) is 1. The maximum atomic E-state index is 12.8. The minimum absolute atomic E-state index is 0.0633. The molecule has 0 spiro atoms. The minimum atomic E-state index is -2.79. The molecule has 0 aliphatic carbocycles. The lowest BCUT2D eigenvalue weighted by Gasteiger charge is -2.10. The number of esters is 1. The second kappa shape index (κ2) is 6.26. The first kappa shape index (κ1) is 14.3. The number of carbonyl (C=O) groups excluding carboxylic acids is 1. The van der Waals surface area contributed by atoms with Gasteiger partial charge in [0.15, 0.2) is 0 Å². The molecule has 0 aliphatic rings. The van der Waals surface area contributed by atoms with Crippen LogP contribution in [0.25, 0.3) is 0 Å². The highest BCUT2D eigenvalue weighted by Gasteiger charge is 2.22. The number of pyridine rings is 1. The van der Waals surface area contributed by atoms with E-state index in [0.717, 1.165) is 0 Å². The predicted molar refractivity (Wildman–Crippen MR) is 62.2 cm³/mol. The van der Waals surface area contributed by atoms with E-state index in [1.54, 1.807) is 6.92 Å². The van der Waals surface area contributed by atoms with Crippen LogP contribution in [-0.4, -0.2) is 17.6 Å². The third-order valence-electron chi connectivity index (χ3n) is 1.93. The van der Waals surface area contributed by atoms with Crippen molar-refractivity contribution in [3.63, 3.8) is 0 Å². The third-order valence-corrected chi connectivity index (χ3v) is 3.16. The Labute approximate surface area is 110 Å². The maximum Gasteiger partial charge on any atom is 0.311 e. The third kappa shape index (κ3) is 3.61. The molecule has 3 nitrogen and oxygen atoms in total. The number of carbonyl (C=O) groups is 1.